The molecule has 20 heavy (non-hydrogen) atoms. The molecular formula is C14H22ClN3O2. The number of aliphatic hydroxyl groups is 1. The summed E-state index contributed by atoms with van der Waals surface area (Å²) in [6, 6.07) is 0.482. The summed E-state index contributed by atoms with van der Waals surface area (Å²) in [4.78, 5) is 2.48. The summed E-state index contributed by atoms with van der Waals surface area (Å²) in [6.07, 6.45) is 5.52. The quantitative estimate of drug-likeness (QED) is 0.918. The molecule has 2 unspecified atom stereocenters. The van der Waals surface area contributed by atoms with Gasteiger partial charge in [-0.15, -0.1) is 0 Å². The van der Waals surface area contributed by atoms with Crippen LogP contribution in [0.5, 0.6) is 0 Å². The van der Waals surface area contributed by atoms with E-state index in [4.69, 9.17) is 16.3 Å². The molecule has 3 heterocycles. The van der Waals surface area contributed by atoms with Gasteiger partial charge in [-0.3, -0.25) is 4.68 Å². The molecule has 0 aromatic carbocycles. The lowest BCUT2D eigenvalue weighted by molar-refractivity contribution is -0.0476. The van der Waals surface area contributed by atoms with Gasteiger partial charge in [0.25, 0.3) is 0 Å². The van der Waals surface area contributed by atoms with Gasteiger partial charge in [0, 0.05) is 19.7 Å². The van der Waals surface area contributed by atoms with Crippen LogP contribution in [0.2, 0.25) is 5.02 Å². The van der Waals surface area contributed by atoms with Gasteiger partial charge in [0.05, 0.1) is 30.1 Å². The minimum atomic E-state index is -0.854. The van der Waals surface area contributed by atoms with Crippen molar-refractivity contribution in [2.45, 2.75) is 43.9 Å². The van der Waals surface area contributed by atoms with Gasteiger partial charge in [-0.2, -0.15) is 5.10 Å². The molecule has 2 aliphatic heterocycles. The minimum absolute atomic E-state index is 0.482. The van der Waals surface area contributed by atoms with E-state index in [2.05, 4.69) is 10.00 Å². The molecule has 0 aliphatic carbocycles. The fourth-order valence-electron chi connectivity index (χ4n) is 3.63. The summed E-state index contributed by atoms with van der Waals surface area (Å²) in [5.41, 5.74) is -0.0879. The highest BCUT2D eigenvalue weighted by Gasteiger charge is 2.44. The Kier molecular flexibility index (Phi) is 4.04. The van der Waals surface area contributed by atoms with Crippen LogP contribution < -0.4 is 0 Å². The van der Waals surface area contributed by atoms with E-state index in [1.165, 1.54) is 12.8 Å². The van der Waals surface area contributed by atoms with Gasteiger partial charge in [-0.05, 0) is 32.2 Å². The minimum Gasteiger partial charge on any atom is -0.383 e. The monoisotopic (exact) mass is 299 g/mol. The summed E-state index contributed by atoms with van der Waals surface area (Å²) in [6.45, 7) is 3.29. The first kappa shape index (κ1) is 14.3. The molecule has 1 N–H and O–H groups in total. The van der Waals surface area contributed by atoms with Gasteiger partial charge in [-0.25, -0.2) is 0 Å². The molecule has 1 aromatic heterocycles. The Bertz CT molecular complexity index is 479. The number of fused-ring (bicyclic) bond motifs is 1. The molecule has 5 nitrogen and oxygen atoms in total. The lowest BCUT2D eigenvalue weighted by Crippen LogP contribution is -2.47. The third-order valence-electron chi connectivity index (χ3n) is 4.63. The zero-order valence-corrected chi connectivity index (χ0v) is 12.6. The lowest BCUT2D eigenvalue weighted by atomic mass is 9.84. The number of piperidine rings is 1. The standard InChI is InChI=1S/C14H22ClN3O2/c1-20-8-7-18-13(12(15)10-16-18)14(19)4-6-17-5-2-3-11(17)9-14/h10-11,19H,2-9H2,1H3. The van der Waals surface area contributed by atoms with E-state index in [-0.39, 0.29) is 0 Å². The molecule has 112 valence electrons. The number of ether oxygens (including phenoxy) is 1. The van der Waals surface area contributed by atoms with Crippen LogP contribution >= 0.6 is 11.6 Å². The summed E-state index contributed by atoms with van der Waals surface area (Å²) < 4.78 is 6.91. The molecule has 0 radical (unpaired) electrons. The van der Waals surface area contributed by atoms with E-state index in [0.717, 1.165) is 31.6 Å². The van der Waals surface area contributed by atoms with Gasteiger partial charge in [0.1, 0.15) is 5.60 Å². The normalized spacial score (nSPS) is 30.6. The Morgan fingerprint density at radius 2 is 2.40 bits per heavy atom. The van der Waals surface area contributed by atoms with Crippen molar-refractivity contribution in [1.29, 1.82) is 0 Å². The van der Waals surface area contributed by atoms with Crippen LogP contribution in [0.1, 0.15) is 31.4 Å². The maximum atomic E-state index is 11.1. The Labute approximate surface area is 124 Å². The fourth-order valence-corrected chi connectivity index (χ4v) is 3.95. The average molecular weight is 300 g/mol. The Morgan fingerprint density at radius 1 is 1.55 bits per heavy atom. The first-order valence-electron chi connectivity index (χ1n) is 7.31. The van der Waals surface area contributed by atoms with Crippen molar-refractivity contribution >= 4 is 11.6 Å². The van der Waals surface area contributed by atoms with Crippen molar-refractivity contribution in [1.82, 2.24) is 14.7 Å². The lowest BCUT2D eigenvalue weighted by Gasteiger charge is -2.41. The van der Waals surface area contributed by atoms with Crippen molar-refractivity contribution in [3.63, 3.8) is 0 Å². The first-order valence-corrected chi connectivity index (χ1v) is 7.69. The molecule has 2 fully saturated rings. The van der Waals surface area contributed by atoms with Crippen LogP contribution in [-0.4, -0.2) is 52.6 Å². The second kappa shape index (κ2) is 5.64. The third-order valence-corrected chi connectivity index (χ3v) is 4.90. The van der Waals surface area contributed by atoms with Gasteiger partial charge in [0.2, 0.25) is 0 Å². The highest BCUT2D eigenvalue weighted by atomic mass is 35.5. The Morgan fingerprint density at radius 3 is 3.20 bits per heavy atom. The largest absolute Gasteiger partial charge is 0.383 e. The van der Waals surface area contributed by atoms with Crippen molar-refractivity contribution < 1.29 is 9.84 Å². The third kappa shape index (κ3) is 2.48. The van der Waals surface area contributed by atoms with E-state index >= 15 is 0 Å². The predicted octanol–water partition coefficient (Wildman–Crippen LogP) is 1.63. The van der Waals surface area contributed by atoms with Crippen LogP contribution in [0, 0.1) is 0 Å². The molecular weight excluding hydrogens is 278 g/mol. The van der Waals surface area contributed by atoms with E-state index in [0.29, 0.717) is 24.2 Å². The summed E-state index contributed by atoms with van der Waals surface area (Å²) in [5.74, 6) is 0. The zero-order chi connectivity index (χ0) is 14.2. The molecule has 2 aliphatic rings. The number of hydrogen-bond donors (Lipinski definition) is 1. The molecule has 2 atom stereocenters. The van der Waals surface area contributed by atoms with Gasteiger partial charge < -0.3 is 14.7 Å². The van der Waals surface area contributed by atoms with E-state index in [9.17, 15) is 5.11 Å². The fraction of sp³-hybridized carbons (Fsp3) is 0.786. The average Bonchev–Trinajstić information content (AvgIpc) is 3.02. The molecule has 0 bridgehead atoms. The Hall–Kier alpha value is -0.620. The maximum absolute atomic E-state index is 11.1. The van der Waals surface area contributed by atoms with Crippen LogP contribution in [-0.2, 0) is 16.9 Å². The van der Waals surface area contributed by atoms with Crippen molar-refractivity contribution in [3.8, 4) is 0 Å². The topological polar surface area (TPSA) is 50.5 Å². The summed E-state index contributed by atoms with van der Waals surface area (Å²) in [7, 11) is 1.66. The smallest absolute Gasteiger partial charge is 0.110 e. The number of methoxy groups -OCH3 is 1. The molecule has 1 aromatic rings. The van der Waals surface area contributed by atoms with Crippen LogP contribution in [0.4, 0.5) is 0 Å². The van der Waals surface area contributed by atoms with E-state index in [1.807, 2.05) is 0 Å². The number of halogens is 1. The van der Waals surface area contributed by atoms with Crippen molar-refractivity contribution in [2.75, 3.05) is 26.8 Å². The van der Waals surface area contributed by atoms with Crippen molar-refractivity contribution in [2.24, 2.45) is 0 Å². The second-order valence-corrected chi connectivity index (χ2v) is 6.28. The number of rotatable bonds is 4. The van der Waals surface area contributed by atoms with Gasteiger partial charge in [0.15, 0.2) is 0 Å². The molecule has 3 rings (SSSR count). The van der Waals surface area contributed by atoms with Crippen LogP contribution in [0.25, 0.3) is 0 Å². The Balaban J connectivity index is 1.85. The maximum Gasteiger partial charge on any atom is 0.110 e. The number of hydrogen-bond acceptors (Lipinski definition) is 4. The van der Waals surface area contributed by atoms with Gasteiger partial charge >= 0.3 is 0 Å². The highest BCUT2D eigenvalue weighted by Crippen LogP contribution is 2.41. The SMILES string of the molecule is COCCn1ncc(Cl)c1C1(O)CCN2CCCC2C1. The van der Waals surface area contributed by atoms with Gasteiger partial charge in [-0.1, -0.05) is 11.6 Å². The summed E-state index contributed by atoms with van der Waals surface area (Å²) in [5, 5.41) is 16.0. The van der Waals surface area contributed by atoms with E-state index < -0.39 is 5.60 Å². The molecule has 6 heteroatoms. The van der Waals surface area contributed by atoms with E-state index in [1.54, 1.807) is 18.0 Å². The summed E-state index contributed by atoms with van der Waals surface area (Å²) >= 11 is 6.29. The predicted molar refractivity (Wildman–Crippen MR) is 76.8 cm³/mol. The van der Waals surface area contributed by atoms with Crippen molar-refractivity contribution in [3.05, 3.63) is 16.9 Å². The molecule has 0 spiro atoms. The second-order valence-electron chi connectivity index (χ2n) is 5.87. The molecule has 2 saturated heterocycles. The first-order chi connectivity index (χ1) is 9.64. The molecule has 0 amide bonds. The number of nitrogens with zero attached hydrogens (tertiary/aromatic N) is 3. The zero-order valence-electron chi connectivity index (χ0n) is 11.9. The highest BCUT2D eigenvalue weighted by molar-refractivity contribution is 6.31. The number of aromatic nitrogens is 2. The molecule has 0 saturated carbocycles. The van der Waals surface area contributed by atoms with Crippen LogP contribution in [0.3, 0.4) is 0 Å². The van der Waals surface area contributed by atoms with Crippen LogP contribution in [0.15, 0.2) is 6.20 Å².